The number of halogens is 1. The van der Waals surface area contributed by atoms with Gasteiger partial charge in [0.25, 0.3) is 0 Å². The summed E-state index contributed by atoms with van der Waals surface area (Å²) in [6, 6.07) is 4.08. The summed E-state index contributed by atoms with van der Waals surface area (Å²) in [4.78, 5) is 1.95. The van der Waals surface area contributed by atoms with Crippen molar-refractivity contribution in [1.82, 2.24) is 4.90 Å². The molecule has 0 aliphatic carbocycles. The van der Waals surface area contributed by atoms with Crippen LogP contribution in [0.5, 0.6) is 0 Å². The van der Waals surface area contributed by atoms with Crippen LogP contribution in [-0.4, -0.2) is 57.6 Å². The Morgan fingerprint density at radius 2 is 1.64 bits per heavy atom. The molecule has 0 unspecified atom stereocenters. The molecule has 0 amide bonds. The molecule has 5 nitrogen and oxygen atoms in total. The third kappa shape index (κ3) is 2.91. The van der Waals surface area contributed by atoms with Crippen LogP contribution in [0.4, 0.5) is 4.39 Å². The van der Waals surface area contributed by atoms with E-state index in [2.05, 4.69) is 0 Å². The second-order valence-electron chi connectivity index (χ2n) is 5.92. The van der Waals surface area contributed by atoms with Gasteiger partial charge < -0.3 is 0 Å². The smallest absolute Gasteiger partial charge is 0.183 e. The van der Waals surface area contributed by atoms with Crippen molar-refractivity contribution in [3.8, 4) is 0 Å². The van der Waals surface area contributed by atoms with Gasteiger partial charge in [-0.3, -0.25) is 4.90 Å². The first-order chi connectivity index (χ1) is 10.3. The van der Waals surface area contributed by atoms with E-state index in [0.717, 1.165) is 38.1 Å². The summed E-state index contributed by atoms with van der Waals surface area (Å²) in [5.74, 6) is -0.986. The SMILES string of the molecule is O=S1(=O)C[C@H](N2CCCC2)[C@@H](S(=O)(=O)c2ccc(F)cc2)C1. The first-order valence-electron chi connectivity index (χ1n) is 7.23. The molecule has 0 bridgehead atoms. The predicted molar refractivity (Wildman–Crippen MR) is 80.6 cm³/mol. The van der Waals surface area contributed by atoms with Gasteiger partial charge in [-0.05, 0) is 50.2 Å². The van der Waals surface area contributed by atoms with Crippen molar-refractivity contribution in [3.63, 3.8) is 0 Å². The van der Waals surface area contributed by atoms with Gasteiger partial charge in [0.1, 0.15) is 5.82 Å². The second kappa shape index (κ2) is 5.58. The van der Waals surface area contributed by atoms with Gasteiger partial charge in [-0.15, -0.1) is 0 Å². The van der Waals surface area contributed by atoms with Crippen LogP contribution in [0.25, 0.3) is 0 Å². The molecule has 1 aromatic carbocycles. The minimum absolute atomic E-state index is 0.0137. The van der Waals surface area contributed by atoms with Crippen molar-refractivity contribution in [2.45, 2.75) is 29.0 Å². The standard InChI is InChI=1S/C14H18FNO4S2/c15-11-3-5-12(6-4-11)22(19,20)14-10-21(17,18)9-13(14)16-7-1-2-8-16/h3-6,13-14H,1-2,7-10H2/t13-,14-/m0/s1. The molecule has 122 valence electrons. The molecule has 2 heterocycles. The van der Waals surface area contributed by atoms with Gasteiger partial charge in [-0.25, -0.2) is 21.2 Å². The summed E-state index contributed by atoms with van der Waals surface area (Å²) in [6.45, 7) is 1.46. The molecule has 0 spiro atoms. The molecule has 3 rings (SSSR count). The lowest BCUT2D eigenvalue weighted by molar-refractivity contribution is 0.264. The van der Waals surface area contributed by atoms with Gasteiger partial charge in [0.15, 0.2) is 19.7 Å². The van der Waals surface area contributed by atoms with E-state index in [4.69, 9.17) is 0 Å². The lowest BCUT2D eigenvalue weighted by Gasteiger charge is -2.27. The van der Waals surface area contributed by atoms with E-state index in [9.17, 15) is 21.2 Å². The largest absolute Gasteiger partial charge is 0.298 e. The maximum absolute atomic E-state index is 13.0. The molecule has 0 saturated carbocycles. The monoisotopic (exact) mass is 347 g/mol. The van der Waals surface area contributed by atoms with Crippen LogP contribution in [0, 0.1) is 5.82 Å². The van der Waals surface area contributed by atoms with Crippen LogP contribution in [0.2, 0.25) is 0 Å². The van der Waals surface area contributed by atoms with Gasteiger partial charge >= 0.3 is 0 Å². The molecule has 2 aliphatic rings. The van der Waals surface area contributed by atoms with Gasteiger partial charge in [0.2, 0.25) is 0 Å². The fourth-order valence-corrected chi connectivity index (χ4v) is 8.14. The normalized spacial score (nSPS) is 29.0. The summed E-state index contributed by atoms with van der Waals surface area (Å²) in [5.41, 5.74) is 0. The van der Waals surface area contributed by atoms with Crippen LogP contribution in [-0.2, 0) is 19.7 Å². The van der Waals surface area contributed by atoms with E-state index >= 15 is 0 Å². The number of rotatable bonds is 3. The van der Waals surface area contributed by atoms with Crippen molar-refractivity contribution in [2.24, 2.45) is 0 Å². The zero-order valence-electron chi connectivity index (χ0n) is 12.0. The average molecular weight is 347 g/mol. The van der Waals surface area contributed by atoms with Crippen molar-refractivity contribution in [3.05, 3.63) is 30.1 Å². The Bertz CT molecular complexity index is 753. The molecular weight excluding hydrogens is 329 g/mol. The molecule has 22 heavy (non-hydrogen) atoms. The van der Waals surface area contributed by atoms with Crippen molar-refractivity contribution in [1.29, 1.82) is 0 Å². The molecular formula is C14H18FNO4S2. The molecule has 2 aliphatic heterocycles. The molecule has 1 aromatic rings. The molecule has 0 N–H and O–H groups in total. The van der Waals surface area contributed by atoms with Gasteiger partial charge in [-0.2, -0.15) is 0 Å². The van der Waals surface area contributed by atoms with Crippen molar-refractivity contribution < 1.29 is 21.2 Å². The maximum Gasteiger partial charge on any atom is 0.183 e. The van der Waals surface area contributed by atoms with Crippen molar-refractivity contribution >= 4 is 19.7 Å². The first-order valence-corrected chi connectivity index (χ1v) is 10.6. The van der Waals surface area contributed by atoms with E-state index in [1.165, 1.54) is 12.1 Å². The molecule has 0 aromatic heterocycles. The average Bonchev–Trinajstić information content (AvgIpc) is 3.06. The Balaban J connectivity index is 1.97. The highest BCUT2D eigenvalue weighted by Crippen LogP contribution is 2.30. The highest BCUT2D eigenvalue weighted by Gasteiger charge is 2.48. The van der Waals surface area contributed by atoms with Gasteiger partial charge in [0, 0.05) is 6.04 Å². The van der Waals surface area contributed by atoms with Crippen molar-refractivity contribution in [2.75, 3.05) is 24.6 Å². The van der Waals surface area contributed by atoms with E-state index in [1.54, 1.807) is 0 Å². The van der Waals surface area contributed by atoms with E-state index < -0.39 is 36.8 Å². The lowest BCUT2D eigenvalue weighted by atomic mass is 10.2. The van der Waals surface area contributed by atoms with Crippen LogP contribution < -0.4 is 0 Å². The Morgan fingerprint density at radius 1 is 1.05 bits per heavy atom. The molecule has 2 atom stereocenters. The molecule has 2 fully saturated rings. The number of hydrogen-bond acceptors (Lipinski definition) is 5. The highest BCUT2D eigenvalue weighted by atomic mass is 32.2. The summed E-state index contributed by atoms with van der Waals surface area (Å²) in [5, 5.41) is -0.971. The predicted octanol–water partition coefficient (Wildman–Crippen LogP) is 0.861. The fourth-order valence-electron chi connectivity index (χ4n) is 3.31. The van der Waals surface area contributed by atoms with E-state index in [-0.39, 0.29) is 16.4 Å². The molecule has 8 heteroatoms. The summed E-state index contributed by atoms with van der Waals surface area (Å²) in [7, 11) is -7.18. The number of sulfone groups is 2. The fraction of sp³-hybridized carbons (Fsp3) is 0.571. The Labute approximate surface area is 130 Å². The van der Waals surface area contributed by atoms with Crippen LogP contribution in [0.15, 0.2) is 29.2 Å². The summed E-state index contributed by atoms with van der Waals surface area (Å²) >= 11 is 0. The van der Waals surface area contributed by atoms with E-state index in [0.29, 0.717) is 0 Å². The van der Waals surface area contributed by atoms with Crippen LogP contribution >= 0.6 is 0 Å². The third-order valence-electron chi connectivity index (χ3n) is 4.42. The summed E-state index contributed by atoms with van der Waals surface area (Å²) < 4.78 is 62.6. The number of nitrogens with zero attached hydrogens (tertiary/aromatic N) is 1. The maximum atomic E-state index is 13.0. The minimum Gasteiger partial charge on any atom is -0.298 e. The van der Waals surface area contributed by atoms with Gasteiger partial charge in [0.05, 0.1) is 21.7 Å². The Morgan fingerprint density at radius 3 is 2.23 bits per heavy atom. The third-order valence-corrected chi connectivity index (χ3v) is 8.56. The topological polar surface area (TPSA) is 71.5 Å². The molecule has 2 saturated heterocycles. The number of hydrogen-bond donors (Lipinski definition) is 0. The van der Waals surface area contributed by atoms with Crippen LogP contribution in [0.3, 0.4) is 0 Å². The number of likely N-dealkylation sites (tertiary alicyclic amines) is 1. The Hall–Kier alpha value is -0.990. The number of benzene rings is 1. The second-order valence-corrected chi connectivity index (χ2v) is 10.2. The van der Waals surface area contributed by atoms with Crippen LogP contribution in [0.1, 0.15) is 12.8 Å². The van der Waals surface area contributed by atoms with E-state index in [1.807, 2.05) is 4.90 Å². The first kappa shape index (κ1) is 15.9. The lowest BCUT2D eigenvalue weighted by Crippen LogP contribution is -2.45. The highest BCUT2D eigenvalue weighted by molar-refractivity contribution is 7.96. The Kier molecular flexibility index (Phi) is 4.03. The zero-order valence-corrected chi connectivity index (χ0v) is 13.6. The zero-order chi connectivity index (χ0) is 16.0. The molecule has 0 radical (unpaired) electrons. The quantitative estimate of drug-likeness (QED) is 0.759. The minimum atomic E-state index is -3.80. The van der Waals surface area contributed by atoms with Gasteiger partial charge in [-0.1, -0.05) is 0 Å². The summed E-state index contributed by atoms with van der Waals surface area (Å²) in [6.07, 6.45) is 1.92.